The van der Waals surface area contributed by atoms with Gasteiger partial charge in [-0.05, 0) is 30.3 Å². The molecule has 0 spiro atoms. The first kappa shape index (κ1) is 18.5. The van der Waals surface area contributed by atoms with Gasteiger partial charge in [0.2, 0.25) is 17.8 Å². The highest BCUT2D eigenvalue weighted by Crippen LogP contribution is 2.33. The standard InChI is InChI=1S/C19H15BrN4O3/c1-11(25)23-19-22-10-16(17(24-19)12-5-7-14(20)8-6-12)27-15-4-2-3-13(9-15)18(21)26/h2-10H,1H3,(H2,21,26)(H,22,23,24,25). The number of hydrogen-bond donors (Lipinski definition) is 2. The van der Waals surface area contributed by atoms with Crippen LogP contribution in [0.1, 0.15) is 17.3 Å². The maximum Gasteiger partial charge on any atom is 0.248 e. The van der Waals surface area contributed by atoms with E-state index in [0.717, 1.165) is 10.0 Å². The van der Waals surface area contributed by atoms with Gasteiger partial charge >= 0.3 is 0 Å². The molecule has 136 valence electrons. The molecule has 2 amide bonds. The molecule has 7 nitrogen and oxygen atoms in total. The van der Waals surface area contributed by atoms with E-state index in [9.17, 15) is 9.59 Å². The highest BCUT2D eigenvalue weighted by molar-refractivity contribution is 9.10. The molecule has 3 aromatic rings. The molecule has 0 atom stereocenters. The number of primary amides is 1. The molecule has 0 bridgehead atoms. The number of nitrogens with zero attached hydrogens (tertiary/aromatic N) is 2. The van der Waals surface area contributed by atoms with Crippen molar-refractivity contribution < 1.29 is 14.3 Å². The molecule has 1 heterocycles. The molecule has 3 N–H and O–H groups in total. The highest BCUT2D eigenvalue weighted by Gasteiger charge is 2.13. The van der Waals surface area contributed by atoms with E-state index in [-0.39, 0.29) is 11.9 Å². The lowest BCUT2D eigenvalue weighted by Gasteiger charge is -2.12. The molecular weight excluding hydrogens is 412 g/mol. The van der Waals surface area contributed by atoms with Crippen LogP contribution in [0.4, 0.5) is 5.95 Å². The summed E-state index contributed by atoms with van der Waals surface area (Å²) in [6.07, 6.45) is 1.46. The Labute approximate surface area is 163 Å². The first-order valence-electron chi connectivity index (χ1n) is 7.90. The number of anilines is 1. The van der Waals surface area contributed by atoms with Gasteiger partial charge in [-0.2, -0.15) is 0 Å². The topological polar surface area (TPSA) is 107 Å². The zero-order valence-electron chi connectivity index (χ0n) is 14.3. The number of carbonyl (C=O) groups excluding carboxylic acids is 2. The van der Waals surface area contributed by atoms with Crippen LogP contribution in [0.5, 0.6) is 11.5 Å². The van der Waals surface area contributed by atoms with Gasteiger partial charge in [-0.25, -0.2) is 9.97 Å². The monoisotopic (exact) mass is 426 g/mol. The highest BCUT2D eigenvalue weighted by atomic mass is 79.9. The van der Waals surface area contributed by atoms with Gasteiger partial charge in [0, 0.05) is 22.5 Å². The summed E-state index contributed by atoms with van der Waals surface area (Å²) in [6, 6.07) is 13.9. The summed E-state index contributed by atoms with van der Waals surface area (Å²) in [6.45, 7) is 1.38. The molecular formula is C19H15BrN4O3. The molecule has 0 saturated carbocycles. The van der Waals surface area contributed by atoms with Gasteiger partial charge in [0.1, 0.15) is 11.4 Å². The number of carbonyl (C=O) groups is 2. The second-order valence-electron chi connectivity index (χ2n) is 5.59. The third-order valence-corrected chi connectivity index (χ3v) is 4.04. The average molecular weight is 427 g/mol. The van der Waals surface area contributed by atoms with Crippen molar-refractivity contribution >= 4 is 33.7 Å². The first-order valence-corrected chi connectivity index (χ1v) is 8.70. The van der Waals surface area contributed by atoms with Crippen LogP contribution >= 0.6 is 15.9 Å². The Kier molecular flexibility index (Phi) is 5.46. The van der Waals surface area contributed by atoms with Crippen molar-refractivity contribution in [2.45, 2.75) is 6.92 Å². The zero-order chi connectivity index (χ0) is 19.4. The van der Waals surface area contributed by atoms with Gasteiger partial charge in [0.25, 0.3) is 0 Å². The van der Waals surface area contributed by atoms with Crippen molar-refractivity contribution in [3.8, 4) is 22.8 Å². The van der Waals surface area contributed by atoms with E-state index >= 15 is 0 Å². The second kappa shape index (κ2) is 7.96. The Morgan fingerprint density at radius 3 is 2.56 bits per heavy atom. The Morgan fingerprint density at radius 1 is 1.15 bits per heavy atom. The van der Waals surface area contributed by atoms with Gasteiger partial charge in [0.15, 0.2) is 5.75 Å². The number of aromatic nitrogens is 2. The van der Waals surface area contributed by atoms with Crippen LogP contribution in [-0.4, -0.2) is 21.8 Å². The average Bonchev–Trinajstić information content (AvgIpc) is 2.63. The van der Waals surface area contributed by atoms with Crippen molar-refractivity contribution in [1.82, 2.24) is 9.97 Å². The third kappa shape index (κ3) is 4.68. The summed E-state index contributed by atoms with van der Waals surface area (Å²) in [5.74, 6) is 0.123. The van der Waals surface area contributed by atoms with E-state index in [4.69, 9.17) is 10.5 Å². The van der Waals surface area contributed by atoms with E-state index < -0.39 is 5.91 Å². The van der Waals surface area contributed by atoms with Crippen LogP contribution in [-0.2, 0) is 4.79 Å². The predicted molar refractivity (Wildman–Crippen MR) is 105 cm³/mol. The minimum atomic E-state index is -0.550. The Hall–Kier alpha value is -3.26. The van der Waals surface area contributed by atoms with Crippen molar-refractivity contribution in [1.29, 1.82) is 0 Å². The molecule has 0 radical (unpaired) electrons. The molecule has 2 aromatic carbocycles. The minimum Gasteiger partial charge on any atom is -0.453 e. The lowest BCUT2D eigenvalue weighted by Crippen LogP contribution is -2.11. The Bertz CT molecular complexity index is 1010. The fourth-order valence-corrected chi connectivity index (χ4v) is 2.58. The van der Waals surface area contributed by atoms with Crippen molar-refractivity contribution in [2.75, 3.05) is 5.32 Å². The molecule has 0 aliphatic carbocycles. The lowest BCUT2D eigenvalue weighted by atomic mass is 10.1. The van der Waals surface area contributed by atoms with E-state index in [1.54, 1.807) is 18.2 Å². The fraction of sp³-hybridized carbons (Fsp3) is 0.0526. The Balaban J connectivity index is 2.03. The van der Waals surface area contributed by atoms with Crippen LogP contribution in [0, 0.1) is 0 Å². The maximum absolute atomic E-state index is 11.4. The number of halogens is 1. The molecule has 3 rings (SSSR count). The summed E-state index contributed by atoms with van der Waals surface area (Å²) in [5.41, 5.74) is 6.90. The zero-order valence-corrected chi connectivity index (χ0v) is 15.9. The molecule has 8 heteroatoms. The molecule has 0 aliphatic rings. The van der Waals surface area contributed by atoms with Crippen LogP contribution < -0.4 is 15.8 Å². The largest absolute Gasteiger partial charge is 0.453 e. The van der Waals surface area contributed by atoms with Gasteiger partial charge in [-0.15, -0.1) is 0 Å². The summed E-state index contributed by atoms with van der Waals surface area (Å²) in [7, 11) is 0. The SMILES string of the molecule is CC(=O)Nc1ncc(Oc2cccc(C(N)=O)c2)c(-c2ccc(Br)cc2)n1. The normalized spacial score (nSPS) is 10.3. The van der Waals surface area contributed by atoms with E-state index in [1.807, 2.05) is 24.3 Å². The Morgan fingerprint density at radius 2 is 1.89 bits per heavy atom. The van der Waals surface area contributed by atoms with Crippen molar-refractivity contribution in [3.05, 3.63) is 64.8 Å². The molecule has 1 aromatic heterocycles. The minimum absolute atomic E-state index is 0.165. The van der Waals surface area contributed by atoms with E-state index in [2.05, 4.69) is 31.2 Å². The van der Waals surface area contributed by atoms with Gasteiger partial charge in [-0.3, -0.25) is 14.9 Å². The number of nitrogens with two attached hydrogens (primary N) is 1. The van der Waals surface area contributed by atoms with Crippen LogP contribution in [0.15, 0.2) is 59.2 Å². The smallest absolute Gasteiger partial charge is 0.248 e. The van der Waals surface area contributed by atoms with Gasteiger partial charge < -0.3 is 10.5 Å². The predicted octanol–water partition coefficient (Wildman–Crippen LogP) is 3.76. The summed E-state index contributed by atoms with van der Waals surface area (Å²) in [5, 5.41) is 2.55. The van der Waals surface area contributed by atoms with E-state index in [1.165, 1.54) is 19.2 Å². The second-order valence-corrected chi connectivity index (χ2v) is 6.50. The van der Waals surface area contributed by atoms with Crippen molar-refractivity contribution in [3.63, 3.8) is 0 Å². The number of ether oxygens (including phenoxy) is 1. The summed E-state index contributed by atoms with van der Waals surface area (Å²) in [4.78, 5) is 31.2. The lowest BCUT2D eigenvalue weighted by molar-refractivity contribution is -0.114. The molecule has 27 heavy (non-hydrogen) atoms. The maximum atomic E-state index is 11.4. The molecule has 0 unspecified atom stereocenters. The number of amides is 2. The molecule has 0 aliphatic heterocycles. The quantitative estimate of drug-likeness (QED) is 0.645. The summed E-state index contributed by atoms with van der Waals surface area (Å²) < 4.78 is 6.80. The number of hydrogen-bond acceptors (Lipinski definition) is 5. The number of benzene rings is 2. The molecule has 0 saturated heterocycles. The van der Waals surface area contributed by atoms with Crippen LogP contribution in [0.25, 0.3) is 11.3 Å². The van der Waals surface area contributed by atoms with E-state index in [0.29, 0.717) is 22.8 Å². The van der Waals surface area contributed by atoms with Crippen molar-refractivity contribution in [2.24, 2.45) is 5.73 Å². The first-order chi connectivity index (χ1) is 12.9. The summed E-state index contributed by atoms with van der Waals surface area (Å²) >= 11 is 3.39. The van der Waals surface area contributed by atoms with Gasteiger partial charge in [-0.1, -0.05) is 34.1 Å². The fourth-order valence-electron chi connectivity index (χ4n) is 2.32. The molecule has 0 fully saturated rings. The van der Waals surface area contributed by atoms with Crippen LogP contribution in [0.3, 0.4) is 0 Å². The van der Waals surface area contributed by atoms with Gasteiger partial charge in [0.05, 0.1) is 6.20 Å². The van der Waals surface area contributed by atoms with Crippen LogP contribution in [0.2, 0.25) is 0 Å². The third-order valence-electron chi connectivity index (χ3n) is 3.51. The number of nitrogens with one attached hydrogen (secondary N) is 1. The number of rotatable bonds is 5.